The first kappa shape index (κ1) is 11.8. The number of nitrogens with zero attached hydrogens (tertiary/aromatic N) is 3. The van der Waals surface area contributed by atoms with Crippen LogP contribution in [0.15, 0.2) is 18.2 Å². The Labute approximate surface area is 113 Å². The molecule has 2 aromatic rings. The van der Waals surface area contributed by atoms with E-state index in [9.17, 15) is 4.39 Å². The first-order valence-electron chi connectivity index (χ1n) is 5.97. The van der Waals surface area contributed by atoms with Gasteiger partial charge in [0, 0.05) is 11.6 Å². The highest BCUT2D eigenvalue weighted by molar-refractivity contribution is 9.08. The van der Waals surface area contributed by atoms with Crippen LogP contribution in [0.25, 0.3) is 11.4 Å². The standard InChI is InChI=1S/C13H13BrFN3/c1-8-2-3-9(15)6-11(8)13-17-16-12(7-14)18(13)10-4-5-10/h2-3,6,10H,4-5,7H2,1H3. The van der Waals surface area contributed by atoms with Gasteiger partial charge in [-0.05, 0) is 37.5 Å². The van der Waals surface area contributed by atoms with E-state index in [0.717, 1.165) is 35.6 Å². The molecule has 0 spiro atoms. The van der Waals surface area contributed by atoms with Crippen molar-refractivity contribution in [2.24, 2.45) is 0 Å². The fourth-order valence-electron chi connectivity index (χ4n) is 2.15. The predicted molar refractivity (Wildman–Crippen MR) is 71.1 cm³/mol. The second-order valence-corrected chi connectivity index (χ2v) is 5.19. The SMILES string of the molecule is Cc1ccc(F)cc1-c1nnc(CBr)n1C1CC1. The van der Waals surface area contributed by atoms with Gasteiger partial charge in [0.1, 0.15) is 11.6 Å². The molecule has 0 saturated heterocycles. The lowest BCUT2D eigenvalue weighted by molar-refractivity contribution is 0.627. The predicted octanol–water partition coefficient (Wildman–Crippen LogP) is 3.62. The number of benzene rings is 1. The summed E-state index contributed by atoms with van der Waals surface area (Å²) < 4.78 is 15.5. The molecule has 18 heavy (non-hydrogen) atoms. The summed E-state index contributed by atoms with van der Waals surface area (Å²) in [5, 5.41) is 9.09. The van der Waals surface area contributed by atoms with Crippen LogP contribution in [-0.2, 0) is 5.33 Å². The molecule has 3 rings (SSSR count). The molecule has 0 radical (unpaired) electrons. The molecule has 1 aromatic carbocycles. The van der Waals surface area contributed by atoms with Crippen LogP contribution in [-0.4, -0.2) is 14.8 Å². The Morgan fingerprint density at radius 3 is 2.83 bits per heavy atom. The quantitative estimate of drug-likeness (QED) is 0.811. The lowest BCUT2D eigenvalue weighted by Crippen LogP contribution is -2.02. The van der Waals surface area contributed by atoms with E-state index in [2.05, 4.69) is 30.7 Å². The van der Waals surface area contributed by atoms with Gasteiger partial charge in [-0.2, -0.15) is 0 Å². The van der Waals surface area contributed by atoms with Gasteiger partial charge < -0.3 is 4.57 Å². The molecule has 1 aliphatic carbocycles. The maximum absolute atomic E-state index is 13.4. The normalized spacial score (nSPS) is 15.1. The van der Waals surface area contributed by atoms with Crippen LogP contribution in [0.1, 0.15) is 30.3 Å². The van der Waals surface area contributed by atoms with Crippen LogP contribution in [0.3, 0.4) is 0 Å². The van der Waals surface area contributed by atoms with Crippen LogP contribution in [0.2, 0.25) is 0 Å². The summed E-state index contributed by atoms with van der Waals surface area (Å²) in [6.45, 7) is 1.97. The van der Waals surface area contributed by atoms with Crippen molar-refractivity contribution in [3.05, 3.63) is 35.4 Å². The van der Waals surface area contributed by atoms with Crippen molar-refractivity contribution in [3.8, 4) is 11.4 Å². The Balaban J connectivity index is 2.16. The highest BCUT2D eigenvalue weighted by Crippen LogP contribution is 2.39. The van der Waals surface area contributed by atoms with Gasteiger partial charge in [-0.15, -0.1) is 10.2 Å². The van der Waals surface area contributed by atoms with Crippen LogP contribution >= 0.6 is 15.9 Å². The van der Waals surface area contributed by atoms with Crippen molar-refractivity contribution >= 4 is 15.9 Å². The largest absolute Gasteiger partial charge is 0.307 e. The fourth-order valence-corrected chi connectivity index (χ4v) is 2.53. The minimum absolute atomic E-state index is 0.235. The third-order valence-corrected chi connectivity index (χ3v) is 3.74. The molecule has 1 fully saturated rings. The highest BCUT2D eigenvalue weighted by atomic mass is 79.9. The molecule has 0 aliphatic heterocycles. The minimum Gasteiger partial charge on any atom is -0.307 e. The van der Waals surface area contributed by atoms with E-state index in [0.29, 0.717) is 11.4 Å². The molecule has 0 amide bonds. The zero-order chi connectivity index (χ0) is 12.7. The van der Waals surface area contributed by atoms with Gasteiger partial charge in [0.05, 0.1) is 5.33 Å². The van der Waals surface area contributed by atoms with E-state index in [-0.39, 0.29) is 5.82 Å². The topological polar surface area (TPSA) is 30.7 Å². The van der Waals surface area contributed by atoms with Crippen LogP contribution in [0.4, 0.5) is 4.39 Å². The molecule has 1 saturated carbocycles. The molecule has 0 atom stereocenters. The summed E-state index contributed by atoms with van der Waals surface area (Å²) in [5.41, 5.74) is 1.86. The molecule has 1 aromatic heterocycles. The van der Waals surface area contributed by atoms with Crippen molar-refractivity contribution in [1.82, 2.24) is 14.8 Å². The minimum atomic E-state index is -0.235. The Morgan fingerprint density at radius 1 is 1.39 bits per heavy atom. The first-order chi connectivity index (χ1) is 8.70. The molecule has 5 heteroatoms. The number of rotatable bonds is 3. The summed E-state index contributed by atoms with van der Waals surface area (Å²) in [6.07, 6.45) is 2.30. The Morgan fingerprint density at radius 2 is 2.17 bits per heavy atom. The smallest absolute Gasteiger partial charge is 0.164 e. The molecule has 0 unspecified atom stereocenters. The number of alkyl halides is 1. The van der Waals surface area contributed by atoms with E-state index >= 15 is 0 Å². The molecular weight excluding hydrogens is 297 g/mol. The molecule has 94 valence electrons. The number of hydrogen-bond donors (Lipinski definition) is 0. The van der Waals surface area contributed by atoms with Crippen LogP contribution in [0.5, 0.6) is 0 Å². The van der Waals surface area contributed by atoms with Crippen molar-refractivity contribution in [2.45, 2.75) is 31.1 Å². The van der Waals surface area contributed by atoms with E-state index < -0.39 is 0 Å². The van der Waals surface area contributed by atoms with E-state index in [4.69, 9.17) is 0 Å². The van der Waals surface area contributed by atoms with Gasteiger partial charge >= 0.3 is 0 Å². The second kappa shape index (κ2) is 4.46. The number of aryl methyl sites for hydroxylation is 1. The molecule has 1 heterocycles. The van der Waals surface area contributed by atoms with Gasteiger partial charge in [-0.1, -0.05) is 22.0 Å². The summed E-state index contributed by atoms with van der Waals surface area (Å²) >= 11 is 3.43. The van der Waals surface area contributed by atoms with Crippen molar-refractivity contribution < 1.29 is 4.39 Å². The van der Waals surface area contributed by atoms with E-state index in [1.54, 1.807) is 6.07 Å². The first-order valence-corrected chi connectivity index (χ1v) is 7.09. The lowest BCUT2D eigenvalue weighted by Gasteiger charge is -2.09. The summed E-state index contributed by atoms with van der Waals surface area (Å²) in [5.74, 6) is 1.46. The maximum Gasteiger partial charge on any atom is 0.164 e. The molecule has 0 bridgehead atoms. The zero-order valence-electron chi connectivity index (χ0n) is 10.0. The van der Waals surface area contributed by atoms with Gasteiger partial charge in [0.15, 0.2) is 5.82 Å². The molecule has 1 aliphatic rings. The van der Waals surface area contributed by atoms with Crippen LogP contribution < -0.4 is 0 Å². The summed E-state index contributed by atoms with van der Waals surface area (Å²) in [7, 11) is 0. The van der Waals surface area contributed by atoms with Crippen molar-refractivity contribution in [1.29, 1.82) is 0 Å². The zero-order valence-corrected chi connectivity index (χ0v) is 11.6. The fraction of sp³-hybridized carbons (Fsp3) is 0.385. The Bertz CT molecular complexity index is 590. The maximum atomic E-state index is 13.4. The molecule has 0 N–H and O–H groups in total. The Hall–Kier alpha value is -1.23. The lowest BCUT2D eigenvalue weighted by atomic mass is 10.1. The van der Waals surface area contributed by atoms with Crippen molar-refractivity contribution in [2.75, 3.05) is 0 Å². The molecular formula is C13H13BrFN3. The number of aromatic nitrogens is 3. The number of hydrogen-bond acceptors (Lipinski definition) is 2. The van der Waals surface area contributed by atoms with E-state index in [1.165, 1.54) is 12.1 Å². The summed E-state index contributed by atoms with van der Waals surface area (Å²) in [4.78, 5) is 0. The second-order valence-electron chi connectivity index (χ2n) is 4.63. The number of halogens is 2. The van der Waals surface area contributed by atoms with Gasteiger partial charge in [-0.25, -0.2) is 4.39 Å². The monoisotopic (exact) mass is 309 g/mol. The van der Waals surface area contributed by atoms with E-state index in [1.807, 2.05) is 6.92 Å². The highest BCUT2D eigenvalue weighted by Gasteiger charge is 2.29. The van der Waals surface area contributed by atoms with Gasteiger partial charge in [-0.3, -0.25) is 0 Å². The molecule has 3 nitrogen and oxygen atoms in total. The van der Waals surface area contributed by atoms with Gasteiger partial charge in [0.2, 0.25) is 0 Å². The van der Waals surface area contributed by atoms with Crippen molar-refractivity contribution in [3.63, 3.8) is 0 Å². The third-order valence-electron chi connectivity index (χ3n) is 3.24. The average Bonchev–Trinajstić information content (AvgIpc) is 3.12. The van der Waals surface area contributed by atoms with Gasteiger partial charge in [0.25, 0.3) is 0 Å². The average molecular weight is 310 g/mol. The summed E-state index contributed by atoms with van der Waals surface area (Å²) in [6, 6.07) is 5.27. The Kier molecular flexibility index (Phi) is 2.93. The third kappa shape index (κ3) is 1.96. The van der Waals surface area contributed by atoms with Crippen LogP contribution in [0, 0.1) is 12.7 Å².